The Kier molecular flexibility index (Phi) is 4.86. The third-order valence-electron chi connectivity index (χ3n) is 3.45. The first kappa shape index (κ1) is 13.9. The van der Waals surface area contributed by atoms with E-state index in [1.165, 1.54) is 5.56 Å². The minimum Gasteiger partial charge on any atom is -0.397 e. The summed E-state index contributed by atoms with van der Waals surface area (Å²) in [6.45, 7) is 12.2. The molecule has 0 spiro atoms. The molecule has 1 aromatic carbocycles. The Morgan fingerprint density at radius 2 is 1.71 bits per heavy atom. The minimum atomic E-state index is 0.676. The lowest BCUT2D eigenvalue weighted by Gasteiger charge is -2.26. The van der Waals surface area contributed by atoms with Crippen molar-refractivity contribution in [3.8, 4) is 0 Å². The largest absolute Gasteiger partial charge is 0.397 e. The topological polar surface area (TPSA) is 38.0 Å². The molecule has 2 nitrogen and oxygen atoms in total. The van der Waals surface area contributed by atoms with E-state index in [4.69, 9.17) is 5.73 Å². The van der Waals surface area contributed by atoms with Gasteiger partial charge in [-0.05, 0) is 42.4 Å². The first-order chi connectivity index (χ1) is 7.91. The number of aryl methyl sites for hydroxylation is 1. The number of hydrogen-bond acceptors (Lipinski definition) is 2. The van der Waals surface area contributed by atoms with E-state index in [1.807, 2.05) is 12.1 Å². The van der Waals surface area contributed by atoms with Crippen LogP contribution in [0.15, 0.2) is 18.2 Å². The molecule has 96 valence electrons. The van der Waals surface area contributed by atoms with E-state index in [2.05, 4.69) is 46.0 Å². The lowest BCUT2D eigenvalue weighted by molar-refractivity contribution is 0.304. The van der Waals surface area contributed by atoms with E-state index >= 15 is 0 Å². The average molecular weight is 234 g/mol. The Morgan fingerprint density at radius 3 is 2.24 bits per heavy atom. The third kappa shape index (κ3) is 3.95. The van der Waals surface area contributed by atoms with Crippen LogP contribution in [0.3, 0.4) is 0 Å². The van der Waals surface area contributed by atoms with E-state index in [9.17, 15) is 0 Å². The molecule has 0 heterocycles. The molecular formula is C15H26N2. The Balaban J connectivity index is 2.68. The maximum atomic E-state index is 5.97. The Labute approximate surface area is 106 Å². The molecule has 1 rings (SSSR count). The van der Waals surface area contributed by atoms with Gasteiger partial charge in [0.05, 0.1) is 11.4 Å². The minimum absolute atomic E-state index is 0.676. The van der Waals surface area contributed by atoms with Gasteiger partial charge in [0.15, 0.2) is 0 Å². The molecule has 2 heteroatoms. The molecule has 0 amide bonds. The van der Waals surface area contributed by atoms with Gasteiger partial charge in [-0.15, -0.1) is 0 Å². The number of nitrogens with two attached hydrogens (primary N) is 1. The standard InChI is InChI=1S/C15H26N2/c1-10(2)13(11(3)4)9-17-15-8-12(5)6-7-14(15)16/h6-8,10-11,13,17H,9,16H2,1-5H3. The van der Waals surface area contributed by atoms with E-state index in [1.54, 1.807) is 0 Å². The van der Waals surface area contributed by atoms with Crippen LogP contribution < -0.4 is 11.1 Å². The summed E-state index contributed by atoms with van der Waals surface area (Å²) in [5.41, 5.74) is 9.11. The van der Waals surface area contributed by atoms with E-state index in [-0.39, 0.29) is 0 Å². The van der Waals surface area contributed by atoms with Crippen molar-refractivity contribution < 1.29 is 0 Å². The molecule has 0 atom stereocenters. The molecule has 0 radical (unpaired) electrons. The zero-order chi connectivity index (χ0) is 13.0. The van der Waals surface area contributed by atoms with Crippen molar-refractivity contribution >= 4 is 11.4 Å². The second-order valence-corrected chi connectivity index (χ2v) is 5.62. The Morgan fingerprint density at radius 1 is 1.12 bits per heavy atom. The van der Waals surface area contributed by atoms with Crippen LogP contribution in [0.25, 0.3) is 0 Å². The molecule has 0 aliphatic heterocycles. The molecule has 17 heavy (non-hydrogen) atoms. The van der Waals surface area contributed by atoms with Crippen molar-refractivity contribution in [2.45, 2.75) is 34.6 Å². The fourth-order valence-corrected chi connectivity index (χ4v) is 2.29. The normalized spacial score (nSPS) is 11.5. The molecule has 0 bridgehead atoms. The molecule has 3 N–H and O–H groups in total. The van der Waals surface area contributed by atoms with Crippen LogP contribution in [0.2, 0.25) is 0 Å². The molecule has 0 aliphatic carbocycles. The van der Waals surface area contributed by atoms with Crippen LogP contribution in [0, 0.1) is 24.7 Å². The van der Waals surface area contributed by atoms with Gasteiger partial charge in [-0.2, -0.15) is 0 Å². The fraction of sp³-hybridized carbons (Fsp3) is 0.600. The summed E-state index contributed by atoms with van der Waals surface area (Å²) < 4.78 is 0. The van der Waals surface area contributed by atoms with E-state index in [0.29, 0.717) is 17.8 Å². The number of rotatable bonds is 5. The summed E-state index contributed by atoms with van der Waals surface area (Å²) in [4.78, 5) is 0. The van der Waals surface area contributed by atoms with Gasteiger partial charge >= 0.3 is 0 Å². The molecule has 0 fully saturated rings. The maximum absolute atomic E-state index is 5.97. The average Bonchev–Trinajstić information content (AvgIpc) is 2.22. The first-order valence-electron chi connectivity index (χ1n) is 6.51. The molecule has 0 saturated carbocycles. The quantitative estimate of drug-likeness (QED) is 0.758. The van der Waals surface area contributed by atoms with E-state index < -0.39 is 0 Å². The number of anilines is 2. The van der Waals surface area contributed by atoms with Crippen LogP contribution in [0.5, 0.6) is 0 Å². The predicted molar refractivity (Wildman–Crippen MR) is 77.2 cm³/mol. The lowest BCUT2D eigenvalue weighted by Crippen LogP contribution is -2.24. The second-order valence-electron chi connectivity index (χ2n) is 5.62. The van der Waals surface area contributed by atoms with E-state index in [0.717, 1.165) is 17.9 Å². The fourth-order valence-electron chi connectivity index (χ4n) is 2.29. The molecule has 1 aromatic rings. The summed E-state index contributed by atoms with van der Waals surface area (Å²) in [6.07, 6.45) is 0. The van der Waals surface area contributed by atoms with Crippen LogP contribution in [0.1, 0.15) is 33.3 Å². The molecular weight excluding hydrogens is 208 g/mol. The summed E-state index contributed by atoms with van der Waals surface area (Å²) in [5.74, 6) is 2.05. The zero-order valence-corrected chi connectivity index (χ0v) is 11.7. The molecule has 0 aliphatic rings. The van der Waals surface area contributed by atoms with Gasteiger partial charge in [-0.1, -0.05) is 33.8 Å². The van der Waals surface area contributed by atoms with Crippen molar-refractivity contribution in [3.63, 3.8) is 0 Å². The van der Waals surface area contributed by atoms with Gasteiger partial charge in [0.2, 0.25) is 0 Å². The monoisotopic (exact) mass is 234 g/mol. The molecule has 0 unspecified atom stereocenters. The van der Waals surface area contributed by atoms with Crippen LogP contribution in [-0.2, 0) is 0 Å². The summed E-state index contributed by atoms with van der Waals surface area (Å²) >= 11 is 0. The SMILES string of the molecule is Cc1ccc(N)c(NCC(C(C)C)C(C)C)c1. The van der Waals surface area contributed by atoms with Crippen LogP contribution in [-0.4, -0.2) is 6.54 Å². The number of hydrogen-bond donors (Lipinski definition) is 2. The summed E-state index contributed by atoms with van der Waals surface area (Å²) in [6, 6.07) is 6.13. The van der Waals surface area contributed by atoms with Gasteiger partial charge in [0.25, 0.3) is 0 Å². The number of nitrogen functional groups attached to an aromatic ring is 1. The third-order valence-corrected chi connectivity index (χ3v) is 3.45. The van der Waals surface area contributed by atoms with Crippen molar-refractivity contribution in [2.75, 3.05) is 17.6 Å². The molecule has 0 saturated heterocycles. The number of benzene rings is 1. The van der Waals surface area contributed by atoms with Crippen LogP contribution >= 0.6 is 0 Å². The van der Waals surface area contributed by atoms with Crippen molar-refractivity contribution in [3.05, 3.63) is 23.8 Å². The Hall–Kier alpha value is -1.18. The van der Waals surface area contributed by atoms with Crippen LogP contribution in [0.4, 0.5) is 11.4 Å². The van der Waals surface area contributed by atoms with Crippen molar-refractivity contribution in [1.82, 2.24) is 0 Å². The van der Waals surface area contributed by atoms with Gasteiger partial charge < -0.3 is 11.1 Å². The second kappa shape index (κ2) is 5.95. The highest BCUT2D eigenvalue weighted by Gasteiger charge is 2.17. The number of nitrogens with one attached hydrogen (secondary N) is 1. The highest BCUT2D eigenvalue weighted by molar-refractivity contribution is 5.66. The smallest absolute Gasteiger partial charge is 0.0576 e. The zero-order valence-electron chi connectivity index (χ0n) is 11.7. The highest BCUT2D eigenvalue weighted by atomic mass is 14.9. The maximum Gasteiger partial charge on any atom is 0.0576 e. The van der Waals surface area contributed by atoms with Crippen molar-refractivity contribution in [2.24, 2.45) is 17.8 Å². The highest BCUT2D eigenvalue weighted by Crippen LogP contribution is 2.24. The van der Waals surface area contributed by atoms with Gasteiger partial charge in [0, 0.05) is 6.54 Å². The Bertz CT molecular complexity index is 348. The summed E-state index contributed by atoms with van der Waals surface area (Å²) in [7, 11) is 0. The van der Waals surface area contributed by atoms with Gasteiger partial charge in [0.1, 0.15) is 0 Å². The molecule has 0 aromatic heterocycles. The van der Waals surface area contributed by atoms with Gasteiger partial charge in [-0.25, -0.2) is 0 Å². The lowest BCUT2D eigenvalue weighted by atomic mass is 9.85. The van der Waals surface area contributed by atoms with Crippen molar-refractivity contribution in [1.29, 1.82) is 0 Å². The van der Waals surface area contributed by atoms with Gasteiger partial charge in [-0.3, -0.25) is 0 Å². The summed E-state index contributed by atoms with van der Waals surface area (Å²) in [5, 5.41) is 3.49. The first-order valence-corrected chi connectivity index (χ1v) is 6.51. The predicted octanol–water partition coefficient (Wildman–Crippen LogP) is 3.92.